The quantitative estimate of drug-likeness (QED) is 0.648. The minimum Gasteiger partial charge on any atom is -0.368 e. The number of nitrogens with zero attached hydrogens (tertiary/aromatic N) is 2. The fraction of sp³-hybridized carbons (Fsp3) is 0.318. The van der Waals surface area contributed by atoms with E-state index in [0.29, 0.717) is 18.8 Å². The number of amides is 4. The zero-order valence-electron chi connectivity index (χ0n) is 16.8. The monoisotopic (exact) mass is 409 g/mol. The molecule has 0 bridgehead atoms. The van der Waals surface area contributed by atoms with Gasteiger partial charge in [-0.05, 0) is 24.3 Å². The van der Waals surface area contributed by atoms with E-state index in [-0.39, 0.29) is 37.4 Å². The van der Waals surface area contributed by atoms with Crippen molar-refractivity contribution in [3.05, 3.63) is 60.7 Å². The molecule has 0 unspecified atom stereocenters. The number of hydrogen-bond donors (Lipinski definition) is 3. The van der Waals surface area contributed by atoms with Crippen LogP contribution in [0, 0.1) is 0 Å². The number of urea groups is 1. The van der Waals surface area contributed by atoms with E-state index >= 15 is 0 Å². The molecule has 4 amide bonds. The van der Waals surface area contributed by atoms with Gasteiger partial charge in [-0.25, -0.2) is 4.79 Å². The van der Waals surface area contributed by atoms with Crippen LogP contribution < -0.4 is 20.9 Å². The van der Waals surface area contributed by atoms with Crippen molar-refractivity contribution in [3.8, 4) is 0 Å². The number of benzene rings is 2. The molecular weight excluding hydrogens is 382 g/mol. The molecule has 158 valence electrons. The summed E-state index contributed by atoms with van der Waals surface area (Å²) in [5.41, 5.74) is 1.83. The molecule has 0 aromatic heterocycles. The molecule has 0 spiro atoms. The zero-order chi connectivity index (χ0) is 21.2. The number of para-hydroxylation sites is 2. The summed E-state index contributed by atoms with van der Waals surface area (Å²) in [4.78, 5) is 40.1. The van der Waals surface area contributed by atoms with Gasteiger partial charge >= 0.3 is 6.03 Å². The minimum absolute atomic E-state index is 0.0274. The first-order valence-electron chi connectivity index (χ1n) is 10.1. The minimum atomic E-state index is -0.374. The summed E-state index contributed by atoms with van der Waals surface area (Å²) in [5, 5.41) is 7.93. The van der Waals surface area contributed by atoms with Gasteiger partial charge in [0.15, 0.2) is 0 Å². The third kappa shape index (κ3) is 6.51. The van der Waals surface area contributed by atoms with Crippen molar-refractivity contribution in [2.75, 3.05) is 49.5 Å². The van der Waals surface area contributed by atoms with Crippen molar-refractivity contribution in [2.24, 2.45) is 0 Å². The summed E-state index contributed by atoms with van der Waals surface area (Å²) < 4.78 is 0. The van der Waals surface area contributed by atoms with E-state index < -0.39 is 0 Å². The van der Waals surface area contributed by atoms with E-state index in [1.807, 2.05) is 36.4 Å². The molecule has 0 aliphatic carbocycles. The average molecular weight is 409 g/mol. The fourth-order valence-corrected chi connectivity index (χ4v) is 3.21. The highest BCUT2D eigenvalue weighted by molar-refractivity contribution is 5.89. The lowest BCUT2D eigenvalue weighted by atomic mass is 10.2. The number of rotatable bonds is 7. The highest BCUT2D eigenvalue weighted by atomic mass is 16.2. The molecule has 30 heavy (non-hydrogen) atoms. The summed E-state index contributed by atoms with van der Waals surface area (Å²) in [5.74, 6) is -0.364. The van der Waals surface area contributed by atoms with Crippen molar-refractivity contribution in [3.63, 3.8) is 0 Å². The maximum absolute atomic E-state index is 12.3. The molecule has 2 aromatic rings. The van der Waals surface area contributed by atoms with Crippen molar-refractivity contribution in [2.45, 2.75) is 6.42 Å². The maximum atomic E-state index is 12.3. The summed E-state index contributed by atoms with van der Waals surface area (Å²) in [6.45, 7) is 2.96. The predicted octanol–water partition coefficient (Wildman–Crippen LogP) is 1.66. The summed E-state index contributed by atoms with van der Waals surface area (Å²) in [6, 6.07) is 18.8. The Balaban J connectivity index is 1.29. The van der Waals surface area contributed by atoms with Crippen LogP contribution >= 0.6 is 0 Å². The molecule has 8 nitrogen and oxygen atoms in total. The molecule has 3 rings (SSSR count). The van der Waals surface area contributed by atoms with Crippen LogP contribution in [-0.2, 0) is 9.59 Å². The van der Waals surface area contributed by atoms with E-state index in [0.717, 1.165) is 18.8 Å². The average Bonchev–Trinajstić information content (AvgIpc) is 2.79. The topological polar surface area (TPSA) is 93.8 Å². The lowest BCUT2D eigenvalue weighted by Gasteiger charge is -2.36. The molecule has 1 heterocycles. The van der Waals surface area contributed by atoms with Crippen LogP contribution in [0.4, 0.5) is 16.2 Å². The number of nitrogens with one attached hydrogen (secondary N) is 3. The second-order valence-electron chi connectivity index (χ2n) is 6.98. The first-order valence-corrected chi connectivity index (χ1v) is 10.1. The number of carbonyl (C=O) groups excluding carboxylic acids is 3. The van der Waals surface area contributed by atoms with E-state index in [1.54, 1.807) is 17.0 Å². The second-order valence-corrected chi connectivity index (χ2v) is 6.98. The molecule has 2 aromatic carbocycles. The lowest BCUT2D eigenvalue weighted by molar-refractivity contribution is -0.133. The Hall–Kier alpha value is -3.55. The third-order valence-electron chi connectivity index (χ3n) is 4.86. The number of anilines is 2. The standard InChI is InChI=1S/C22H27N5O3/c28-20(11-12-23-22(30)25-18-7-3-1-4-8-18)24-17-21(29)27-15-13-26(14-16-27)19-9-5-2-6-10-19/h1-10H,11-17H2,(H,24,28)(H2,23,25,30). The van der Waals surface area contributed by atoms with Gasteiger partial charge in [0.25, 0.3) is 0 Å². The zero-order valence-corrected chi connectivity index (χ0v) is 16.8. The Morgan fingerprint density at radius 2 is 1.43 bits per heavy atom. The predicted molar refractivity (Wildman–Crippen MR) is 116 cm³/mol. The van der Waals surface area contributed by atoms with Crippen molar-refractivity contribution >= 4 is 29.2 Å². The van der Waals surface area contributed by atoms with Crippen LogP contribution in [0.2, 0.25) is 0 Å². The Bertz CT molecular complexity index is 836. The lowest BCUT2D eigenvalue weighted by Crippen LogP contribution is -2.51. The number of carbonyl (C=O) groups is 3. The third-order valence-corrected chi connectivity index (χ3v) is 4.86. The first-order chi connectivity index (χ1) is 14.6. The Morgan fingerprint density at radius 3 is 2.10 bits per heavy atom. The highest BCUT2D eigenvalue weighted by Gasteiger charge is 2.21. The molecule has 1 fully saturated rings. The van der Waals surface area contributed by atoms with Gasteiger partial charge in [0, 0.05) is 50.5 Å². The Kier molecular flexibility index (Phi) is 7.65. The molecule has 3 N–H and O–H groups in total. The van der Waals surface area contributed by atoms with Gasteiger partial charge in [-0.3, -0.25) is 9.59 Å². The van der Waals surface area contributed by atoms with Crippen LogP contribution in [-0.4, -0.2) is 62.0 Å². The van der Waals surface area contributed by atoms with Crippen molar-refractivity contribution in [1.82, 2.24) is 15.5 Å². The molecule has 1 aliphatic heterocycles. The molecule has 1 saturated heterocycles. The van der Waals surface area contributed by atoms with Crippen molar-refractivity contribution < 1.29 is 14.4 Å². The van der Waals surface area contributed by atoms with E-state index in [9.17, 15) is 14.4 Å². The number of piperazine rings is 1. The van der Waals surface area contributed by atoms with Gasteiger partial charge in [-0.2, -0.15) is 0 Å². The van der Waals surface area contributed by atoms with E-state index in [2.05, 4.69) is 33.0 Å². The second kappa shape index (κ2) is 10.8. The van der Waals surface area contributed by atoms with Crippen molar-refractivity contribution in [1.29, 1.82) is 0 Å². The smallest absolute Gasteiger partial charge is 0.319 e. The molecule has 0 radical (unpaired) electrons. The van der Waals surface area contributed by atoms with E-state index in [4.69, 9.17) is 0 Å². The maximum Gasteiger partial charge on any atom is 0.319 e. The van der Waals surface area contributed by atoms with Crippen LogP contribution in [0.5, 0.6) is 0 Å². The molecule has 0 atom stereocenters. The fourth-order valence-electron chi connectivity index (χ4n) is 3.21. The van der Waals surface area contributed by atoms with Crippen LogP contribution in [0.25, 0.3) is 0 Å². The van der Waals surface area contributed by atoms with Gasteiger partial charge in [0.1, 0.15) is 0 Å². The van der Waals surface area contributed by atoms with Gasteiger partial charge in [-0.1, -0.05) is 36.4 Å². The largest absolute Gasteiger partial charge is 0.368 e. The molecule has 8 heteroatoms. The Morgan fingerprint density at radius 1 is 0.800 bits per heavy atom. The van der Waals surface area contributed by atoms with Gasteiger partial charge in [-0.15, -0.1) is 0 Å². The van der Waals surface area contributed by atoms with E-state index in [1.165, 1.54) is 0 Å². The number of hydrogen-bond acceptors (Lipinski definition) is 4. The van der Waals surface area contributed by atoms with Gasteiger partial charge in [0.05, 0.1) is 6.54 Å². The molecule has 1 aliphatic rings. The highest BCUT2D eigenvalue weighted by Crippen LogP contribution is 2.15. The van der Waals surface area contributed by atoms with Crippen LogP contribution in [0.3, 0.4) is 0 Å². The summed E-state index contributed by atoms with van der Waals surface area (Å²) in [6.07, 6.45) is 0.108. The van der Waals surface area contributed by atoms with Crippen LogP contribution in [0.15, 0.2) is 60.7 Å². The van der Waals surface area contributed by atoms with Gasteiger partial charge < -0.3 is 25.8 Å². The van der Waals surface area contributed by atoms with Gasteiger partial charge in [0.2, 0.25) is 11.8 Å². The summed E-state index contributed by atoms with van der Waals surface area (Å²) >= 11 is 0. The molecule has 0 saturated carbocycles. The normalized spacial score (nSPS) is 13.5. The van der Waals surface area contributed by atoms with Crippen LogP contribution in [0.1, 0.15) is 6.42 Å². The molecular formula is C22H27N5O3. The summed E-state index contributed by atoms with van der Waals surface area (Å²) in [7, 11) is 0. The first kappa shape index (κ1) is 21.2. The Labute approximate surface area is 176 Å². The SMILES string of the molecule is O=C(CCNC(=O)Nc1ccccc1)NCC(=O)N1CCN(c2ccccc2)CC1.